The fourth-order valence-corrected chi connectivity index (χ4v) is 2.50. The molecule has 0 amide bonds. The highest BCUT2D eigenvalue weighted by Gasteiger charge is 2.16. The Labute approximate surface area is 116 Å². The average molecular weight is 263 g/mol. The molecule has 1 aliphatic carbocycles. The Balaban J connectivity index is 1.68. The third-order valence-corrected chi connectivity index (χ3v) is 3.70. The zero-order valence-corrected chi connectivity index (χ0v) is 11.8. The van der Waals surface area contributed by atoms with Gasteiger partial charge in [0.05, 0.1) is 18.8 Å². The van der Waals surface area contributed by atoms with E-state index in [9.17, 15) is 5.11 Å². The molecule has 1 aromatic rings. The van der Waals surface area contributed by atoms with Gasteiger partial charge in [-0.05, 0) is 37.0 Å². The Bertz CT molecular complexity index is 375. The molecule has 3 heteroatoms. The number of rotatable bonds is 7. The lowest BCUT2D eigenvalue weighted by Gasteiger charge is -2.16. The average Bonchev–Trinajstić information content (AvgIpc) is 2.96. The van der Waals surface area contributed by atoms with Gasteiger partial charge in [0.2, 0.25) is 0 Å². The molecule has 0 radical (unpaired) electrons. The molecule has 2 N–H and O–H groups in total. The van der Waals surface area contributed by atoms with Crippen molar-refractivity contribution in [3.8, 4) is 0 Å². The number of benzene rings is 1. The maximum absolute atomic E-state index is 9.91. The van der Waals surface area contributed by atoms with Crippen LogP contribution < -0.4 is 5.32 Å². The summed E-state index contributed by atoms with van der Waals surface area (Å²) in [6.45, 7) is 3.12. The minimum Gasteiger partial charge on any atom is -0.389 e. The first-order valence-corrected chi connectivity index (χ1v) is 7.40. The summed E-state index contributed by atoms with van der Waals surface area (Å²) in [5.41, 5.74) is 2.38. The first kappa shape index (κ1) is 14.4. The molecule has 19 heavy (non-hydrogen) atoms. The Morgan fingerprint density at radius 1 is 1.37 bits per heavy atom. The van der Waals surface area contributed by atoms with Crippen LogP contribution in [-0.4, -0.2) is 30.5 Å². The number of anilines is 1. The number of aliphatic hydroxyl groups excluding tert-OH is 1. The van der Waals surface area contributed by atoms with Gasteiger partial charge in [-0.25, -0.2) is 0 Å². The second-order valence-electron chi connectivity index (χ2n) is 5.33. The molecule has 2 rings (SSSR count). The van der Waals surface area contributed by atoms with Crippen LogP contribution in [0.4, 0.5) is 5.69 Å². The summed E-state index contributed by atoms with van der Waals surface area (Å²) < 4.78 is 5.71. The van der Waals surface area contributed by atoms with Gasteiger partial charge < -0.3 is 15.2 Å². The summed E-state index contributed by atoms with van der Waals surface area (Å²) in [7, 11) is 0. The highest BCUT2D eigenvalue weighted by atomic mass is 16.5. The van der Waals surface area contributed by atoms with Crippen molar-refractivity contribution >= 4 is 5.69 Å². The summed E-state index contributed by atoms with van der Waals surface area (Å²) >= 11 is 0. The van der Waals surface area contributed by atoms with E-state index in [2.05, 4.69) is 24.4 Å². The van der Waals surface area contributed by atoms with Gasteiger partial charge in [-0.1, -0.05) is 31.9 Å². The van der Waals surface area contributed by atoms with Gasteiger partial charge >= 0.3 is 0 Å². The minimum atomic E-state index is -0.439. The van der Waals surface area contributed by atoms with Gasteiger partial charge in [0.1, 0.15) is 0 Å². The predicted octanol–water partition coefficient (Wildman–Crippen LogP) is 2.98. The zero-order chi connectivity index (χ0) is 13.5. The fourth-order valence-electron chi connectivity index (χ4n) is 2.50. The van der Waals surface area contributed by atoms with E-state index in [0.29, 0.717) is 19.3 Å². The van der Waals surface area contributed by atoms with E-state index in [1.807, 2.05) is 12.1 Å². The van der Waals surface area contributed by atoms with Crippen molar-refractivity contribution in [3.05, 3.63) is 29.8 Å². The largest absolute Gasteiger partial charge is 0.389 e. The molecule has 1 fully saturated rings. The Kier molecular flexibility index (Phi) is 5.67. The standard InChI is InChI=1S/C16H25NO2/c1-2-13-6-5-7-14(10-13)17-11-15(18)12-19-16-8-3-4-9-16/h5-7,10,15-18H,2-4,8-9,11-12H2,1H3. The lowest BCUT2D eigenvalue weighted by atomic mass is 10.1. The minimum absolute atomic E-state index is 0.373. The van der Waals surface area contributed by atoms with Crippen LogP contribution in [-0.2, 0) is 11.2 Å². The summed E-state index contributed by atoms with van der Waals surface area (Å²) in [5.74, 6) is 0. The molecule has 0 heterocycles. The van der Waals surface area contributed by atoms with Gasteiger partial charge in [0, 0.05) is 12.2 Å². The van der Waals surface area contributed by atoms with Crippen LogP contribution in [0.25, 0.3) is 0 Å². The summed E-state index contributed by atoms with van der Waals surface area (Å²) in [4.78, 5) is 0. The van der Waals surface area contributed by atoms with Crippen molar-refractivity contribution in [3.63, 3.8) is 0 Å². The van der Waals surface area contributed by atoms with Crippen molar-refractivity contribution < 1.29 is 9.84 Å². The van der Waals surface area contributed by atoms with Gasteiger partial charge in [0.15, 0.2) is 0 Å². The number of ether oxygens (including phenoxy) is 1. The van der Waals surface area contributed by atoms with Crippen molar-refractivity contribution in [2.75, 3.05) is 18.5 Å². The Hall–Kier alpha value is -1.06. The van der Waals surface area contributed by atoms with Crippen molar-refractivity contribution in [1.82, 2.24) is 0 Å². The topological polar surface area (TPSA) is 41.5 Å². The van der Waals surface area contributed by atoms with Gasteiger partial charge in [-0.15, -0.1) is 0 Å². The number of nitrogens with one attached hydrogen (secondary N) is 1. The molecule has 1 unspecified atom stereocenters. The van der Waals surface area contributed by atoms with Crippen LogP contribution in [0.3, 0.4) is 0 Å². The molecule has 1 aliphatic rings. The third kappa shape index (κ3) is 4.84. The Morgan fingerprint density at radius 2 is 2.16 bits per heavy atom. The third-order valence-electron chi connectivity index (χ3n) is 3.70. The predicted molar refractivity (Wildman–Crippen MR) is 78.5 cm³/mol. The molecule has 0 saturated heterocycles. The molecule has 3 nitrogen and oxygen atoms in total. The first-order chi connectivity index (χ1) is 9.28. The maximum Gasteiger partial charge on any atom is 0.0945 e. The van der Waals surface area contributed by atoms with Gasteiger partial charge in [-0.2, -0.15) is 0 Å². The first-order valence-electron chi connectivity index (χ1n) is 7.40. The highest BCUT2D eigenvalue weighted by molar-refractivity contribution is 5.45. The van der Waals surface area contributed by atoms with E-state index in [1.54, 1.807) is 0 Å². The summed E-state index contributed by atoms with van der Waals surface area (Å²) in [6.07, 6.45) is 5.80. The molecule has 1 aromatic carbocycles. The van der Waals surface area contributed by atoms with E-state index >= 15 is 0 Å². The maximum atomic E-state index is 9.91. The molecular formula is C16H25NO2. The molecular weight excluding hydrogens is 238 g/mol. The van der Waals surface area contributed by atoms with E-state index in [-0.39, 0.29) is 0 Å². The molecule has 0 aliphatic heterocycles. The number of aliphatic hydroxyl groups is 1. The lowest BCUT2D eigenvalue weighted by molar-refractivity contribution is -0.00117. The molecule has 1 atom stereocenters. The Morgan fingerprint density at radius 3 is 2.89 bits per heavy atom. The second-order valence-corrected chi connectivity index (χ2v) is 5.33. The van der Waals surface area contributed by atoms with Gasteiger partial charge in [0.25, 0.3) is 0 Å². The van der Waals surface area contributed by atoms with Crippen molar-refractivity contribution in [1.29, 1.82) is 0 Å². The normalized spacial score (nSPS) is 17.6. The molecule has 0 bridgehead atoms. The van der Waals surface area contributed by atoms with Crippen LogP contribution >= 0.6 is 0 Å². The van der Waals surface area contributed by atoms with E-state index in [0.717, 1.165) is 24.9 Å². The molecule has 0 aromatic heterocycles. The fraction of sp³-hybridized carbons (Fsp3) is 0.625. The van der Waals surface area contributed by atoms with E-state index < -0.39 is 6.10 Å². The zero-order valence-electron chi connectivity index (χ0n) is 11.8. The smallest absolute Gasteiger partial charge is 0.0945 e. The van der Waals surface area contributed by atoms with Gasteiger partial charge in [-0.3, -0.25) is 0 Å². The van der Waals surface area contributed by atoms with Crippen LogP contribution in [0, 0.1) is 0 Å². The lowest BCUT2D eigenvalue weighted by Crippen LogP contribution is -2.27. The van der Waals surface area contributed by atoms with Crippen LogP contribution in [0.1, 0.15) is 38.2 Å². The number of hydrogen-bond acceptors (Lipinski definition) is 3. The SMILES string of the molecule is CCc1cccc(NCC(O)COC2CCCC2)c1. The molecule has 0 spiro atoms. The van der Waals surface area contributed by atoms with Crippen molar-refractivity contribution in [2.24, 2.45) is 0 Å². The number of aryl methyl sites for hydroxylation is 1. The van der Waals surface area contributed by atoms with Crippen LogP contribution in [0.15, 0.2) is 24.3 Å². The van der Waals surface area contributed by atoms with Crippen molar-refractivity contribution in [2.45, 2.75) is 51.2 Å². The van der Waals surface area contributed by atoms with Crippen LogP contribution in [0.2, 0.25) is 0 Å². The summed E-state index contributed by atoms with van der Waals surface area (Å²) in [5, 5.41) is 13.2. The molecule has 1 saturated carbocycles. The molecule has 106 valence electrons. The van der Waals surface area contributed by atoms with E-state index in [1.165, 1.54) is 18.4 Å². The quantitative estimate of drug-likeness (QED) is 0.794. The highest BCUT2D eigenvalue weighted by Crippen LogP contribution is 2.21. The monoisotopic (exact) mass is 263 g/mol. The van der Waals surface area contributed by atoms with E-state index in [4.69, 9.17) is 4.74 Å². The second kappa shape index (κ2) is 7.51. The van der Waals surface area contributed by atoms with Crippen LogP contribution in [0.5, 0.6) is 0 Å². The summed E-state index contributed by atoms with van der Waals surface area (Å²) in [6, 6.07) is 8.32. The number of hydrogen-bond donors (Lipinski definition) is 2.